The fourth-order valence-corrected chi connectivity index (χ4v) is 1.47. The summed E-state index contributed by atoms with van der Waals surface area (Å²) in [4.78, 5) is 10.9. The van der Waals surface area contributed by atoms with Crippen LogP contribution < -0.4 is 0 Å². The largest absolute Gasteiger partial charge is 0.478 e. The molecule has 2 heteroatoms. The molecule has 0 radical (unpaired) electrons. The molecule has 0 fully saturated rings. The molecule has 1 N–H and O–H groups in total. The molecule has 0 aliphatic rings. The van der Waals surface area contributed by atoms with Gasteiger partial charge >= 0.3 is 5.97 Å². The van der Waals surface area contributed by atoms with Gasteiger partial charge in [-0.15, -0.1) is 0 Å². The molecule has 0 saturated carbocycles. The van der Waals surface area contributed by atoms with Crippen molar-refractivity contribution >= 4 is 12.0 Å². The lowest BCUT2D eigenvalue weighted by Gasteiger charge is -2.22. The van der Waals surface area contributed by atoms with Crippen molar-refractivity contribution in [2.45, 2.75) is 20.3 Å². The van der Waals surface area contributed by atoms with Crippen molar-refractivity contribution in [3.05, 3.63) is 54.1 Å². The van der Waals surface area contributed by atoms with Gasteiger partial charge in [0.15, 0.2) is 0 Å². The van der Waals surface area contributed by atoms with Crippen molar-refractivity contribution in [3.8, 4) is 0 Å². The van der Waals surface area contributed by atoms with Gasteiger partial charge in [-0.1, -0.05) is 62.9 Å². The highest BCUT2D eigenvalue weighted by Gasteiger charge is 2.25. The lowest BCUT2D eigenvalue weighted by molar-refractivity contribution is -0.133. The Hall–Kier alpha value is -1.83. The maximum Gasteiger partial charge on any atom is 0.331 e. The zero-order valence-corrected chi connectivity index (χ0v) is 10.3. The fraction of sp³-hybridized carbons (Fsp3) is 0.267. The lowest BCUT2D eigenvalue weighted by atomic mass is 9.81. The standard InChI is InChI=1S/C15H18O2/c1-12(14(16)17)15(2,3)11-7-10-13-8-5-4-6-9-13/h4-10H,1,11H2,2-3H3,(H,16,17). The average molecular weight is 230 g/mol. The zero-order valence-electron chi connectivity index (χ0n) is 10.3. The van der Waals surface area contributed by atoms with Crippen LogP contribution in [0.25, 0.3) is 6.08 Å². The number of rotatable bonds is 5. The second kappa shape index (κ2) is 5.48. The van der Waals surface area contributed by atoms with E-state index in [1.807, 2.05) is 56.3 Å². The van der Waals surface area contributed by atoms with E-state index < -0.39 is 11.4 Å². The third-order valence-corrected chi connectivity index (χ3v) is 2.81. The first-order valence-corrected chi connectivity index (χ1v) is 5.58. The van der Waals surface area contributed by atoms with E-state index >= 15 is 0 Å². The van der Waals surface area contributed by atoms with Gasteiger partial charge in [-0.2, -0.15) is 0 Å². The molecule has 1 rings (SSSR count). The molecule has 0 aliphatic heterocycles. The molecule has 2 nitrogen and oxygen atoms in total. The Labute approximate surface area is 102 Å². The average Bonchev–Trinajstić information content (AvgIpc) is 2.29. The van der Waals surface area contributed by atoms with E-state index in [-0.39, 0.29) is 5.57 Å². The summed E-state index contributed by atoms with van der Waals surface area (Å²) < 4.78 is 0. The summed E-state index contributed by atoms with van der Waals surface area (Å²) in [6.45, 7) is 7.39. The zero-order chi connectivity index (χ0) is 12.9. The molecule has 0 heterocycles. The lowest BCUT2D eigenvalue weighted by Crippen LogP contribution is -2.19. The summed E-state index contributed by atoms with van der Waals surface area (Å²) in [5.41, 5.74) is 0.941. The predicted octanol–water partition coefficient (Wildman–Crippen LogP) is 3.76. The van der Waals surface area contributed by atoms with Crippen LogP contribution in [0.15, 0.2) is 48.6 Å². The minimum absolute atomic E-state index is 0.246. The molecule has 1 aromatic rings. The summed E-state index contributed by atoms with van der Waals surface area (Å²) in [6.07, 6.45) is 4.65. The highest BCUT2D eigenvalue weighted by Crippen LogP contribution is 2.29. The topological polar surface area (TPSA) is 37.3 Å². The third-order valence-electron chi connectivity index (χ3n) is 2.81. The molecule has 0 saturated heterocycles. The number of aliphatic carboxylic acids is 1. The van der Waals surface area contributed by atoms with E-state index in [9.17, 15) is 4.79 Å². The van der Waals surface area contributed by atoms with Crippen LogP contribution in [-0.4, -0.2) is 11.1 Å². The second-order valence-electron chi connectivity index (χ2n) is 4.68. The summed E-state index contributed by atoms with van der Waals surface area (Å²) >= 11 is 0. The van der Waals surface area contributed by atoms with Gasteiger partial charge < -0.3 is 5.11 Å². The van der Waals surface area contributed by atoms with Gasteiger partial charge in [-0.25, -0.2) is 4.79 Å². The molecular formula is C15H18O2. The first-order valence-electron chi connectivity index (χ1n) is 5.58. The minimum atomic E-state index is -0.928. The Bertz CT molecular complexity index is 427. The first kappa shape index (κ1) is 13.2. The Morgan fingerprint density at radius 3 is 2.47 bits per heavy atom. The smallest absolute Gasteiger partial charge is 0.331 e. The quantitative estimate of drug-likeness (QED) is 0.782. The van der Waals surface area contributed by atoms with E-state index in [4.69, 9.17) is 5.11 Å². The van der Waals surface area contributed by atoms with Crippen molar-refractivity contribution in [2.75, 3.05) is 0 Å². The number of allylic oxidation sites excluding steroid dienone is 1. The Morgan fingerprint density at radius 2 is 1.94 bits per heavy atom. The van der Waals surface area contributed by atoms with Crippen LogP contribution in [0.3, 0.4) is 0 Å². The van der Waals surface area contributed by atoms with E-state index in [0.29, 0.717) is 6.42 Å². The molecule has 0 aliphatic carbocycles. The number of carbonyl (C=O) groups is 1. The van der Waals surface area contributed by atoms with Crippen molar-refractivity contribution in [2.24, 2.45) is 5.41 Å². The highest BCUT2D eigenvalue weighted by atomic mass is 16.4. The van der Waals surface area contributed by atoms with Crippen LogP contribution in [0.2, 0.25) is 0 Å². The van der Waals surface area contributed by atoms with E-state index in [1.54, 1.807) is 0 Å². The van der Waals surface area contributed by atoms with Crippen LogP contribution in [0.4, 0.5) is 0 Å². The van der Waals surface area contributed by atoms with Crippen molar-refractivity contribution < 1.29 is 9.90 Å². The monoisotopic (exact) mass is 230 g/mol. The van der Waals surface area contributed by atoms with Gasteiger partial charge in [-0.05, 0) is 17.4 Å². The van der Waals surface area contributed by atoms with Gasteiger partial charge in [0, 0.05) is 5.57 Å². The van der Waals surface area contributed by atoms with Crippen LogP contribution in [0.1, 0.15) is 25.8 Å². The molecule has 1 aromatic carbocycles. The van der Waals surface area contributed by atoms with Gasteiger partial charge in [0.2, 0.25) is 0 Å². The van der Waals surface area contributed by atoms with Gasteiger partial charge in [0.05, 0.1) is 0 Å². The number of carboxylic acids is 1. The molecule has 0 unspecified atom stereocenters. The number of benzene rings is 1. The van der Waals surface area contributed by atoms with Crippen LogP contribution in [0, 0.1) is 5.41 Å². The number of carboxylic acid groups (broad SMARTS) is 1. The number of hydrogen-bond acceptors (Lipinski definition) is 1. The molecule has 0 bridgehead atoms. The number of hydrogen-bond donors (Lipinski definition) is 1. The Morgan fingerprint density at radius 1 is 1.35 bits per heavy atom. The molecule has 0 amide bonds. The van der Waals surface area contributed by atoms with E-state index in [0.717, 1.165) is 5.56 Å². The first-order chi connectivity index (χ1) is 7.93. The molecule has 0 atom stereocenters. The van der Waals surface area contributed by atoms with Crippen LogP contribution in [0.5, 0.6) is 0 Å². The molecular weight excluding hydrogens is 212 g/mol. The van der Waals surface area contributed by atoms with Gasteiger partial charge in [-0.3, -0.25) is 0 Å². The van der Waals surface area contributed by atoms with Crippen LogP contribution in [-0.2, 0) is 4.79 Å². The maximum absolute atomic E-state index is 10.9. The summed E-state index contributed by atoms with van der Waals surface area (Å²) in [5, 5.41) is 8.91. The molecule has 0 aromatic heterocycles. The van der Waals surface area contributed by atoms with E-state index in [2.05, 4.69) is 6.58 Å². The second-order valence-corrected chi connectivity index (χ2v) is 4.68. The minimum Gasteiger partial charge on any atom is -0.478 e. The van der Waals surface area contributed by atoms with Crippen molar-refractivity contribution in [3.63, 3.8) is 0 Å². The Balaban J connectivity index is 2.64. The highest BCUT2D eigenvalue weighted by molar-refractivity contribution is 5.87. The van der Waals surface area contributed by atoms with Gasteiger partial charge in [0.1, 0.15) is 0 Å². The summed E-state index contributed by atoms with van der Waals surface area (Å²) in [5.74, 6) is -0.928. The Kier molecular flexibility index (Phi) is 4.27. The van der Waals surface area contributed by atoms with Crippen molar-refractivity contribution in [1.29, 1.82) is 0 Å². The molecule has 0 spiro atoms. The third kappa shape index (κ3) is 3.91. The normalized spacial score (nSPS) is 11.6. The summed E-state index contributed by atoms with van der Waals surface area (Å²) in [6, 6.07) is 9.93. The fourth-order valence-electron chi connectivity index (χ4n) is 1.47. The maximum atomic E-state index is 10.9. The molecule has 17 heavy (non-hydrogen) atoms. The summed E-state index contributed by atoms with van der Waals surface area (Å²) in [7, 11) is 0. The van der Waals surface area contributed by atoms with Gasteiger partial charge in [0.25, 0.3) is 0 Å². The molecule has 90 valence electrons. The van der Waals surface area contributed by atoms with Crippen molar-refractivity contribution in [1.82, 2.24) is 0 Å². The van der Waals surface area contributed by atoms with E-state index in [1.165, 1.54) is 0 Å². The SMILES string of the molecule is C=C(C(=O)O)C(C)(C)CC=Cc1ccccc1. The van der Waals surface area contributed by atoms with Crippen LogP contribution >= 0.6 is 0 Å². The predicted molar refractivity (Wildman–Crippen MR) is 70.6 cm³/mol.